The number of nitrogens with zero attached hydrogens (tertiary/aromatic N) is 1. The van der Waals surface area contributed by atoms with Gasteiger partial charge in [0.1, 0.15) is 10.7 Å². The SMILES string of the molecule is COc1ccc(Cn2ccc3ccc(C(=S)NO)cc32)cc1. The Morgan fingerprint density at radius 1 is 1.18 bits per heavy atom. The van der Waals surface area contributed by atoms with Crippen molar-refractivity contribution in [3.05, 3.63) is 65.9 Å². The minimum Gasteiger partial charge on any atom is -0.497 e. The van der Waals surface area contributed by atoms with Gasteiger partial charge in [-0.25, -0.2) is 0 Å². The van der Waals surface area contributed by atoms with Crippen LogP contribution in [0.25, 0.3) is 10.9 Å². The lowest BCUT2D eigenvalue weighted by Crippen LogP contribution is -2.17. The molecule has 3 aromatic rings. The van der Waals surface area contributed by atoms with Crippen molar-refractivity contribution in [1.29, 1.82) is 0 Å². The molecule has 0 bridgehead atoms. The molecule has 4 nitrogen and oxygen atoms in total. The average molecular weight is 312 g/mol. The van der Waals surface area contributed by atoms with Crippen molar-refractivity contribution < 1.29 is 9.94 Å². The van der Waals surface area contributed by atoms with E-state index in [2.05, 4.69) is 22.8 Å². The van der Waals surface area contributed by atoms with Gasteiger partial charge in [0.25, 0.3) is 0 Å². The van der Waals surface area contributed by atoms with Crippen LogP contribution in [0, 0.1) is 0 Å². The minimum atomic E-state index is 0.319. The van der Waals surface area contributed by atoms with Crippen LogP contribution in [0.3, 0.4) is 0 Å². The molecule has 22 heavy (non-hydrogen) atoms. The van der Waals surface area contributed by atoms with Crippen LogP contribution in [0.5, 0.6) is 5.75 Å². The summed E-state index contributed by atoms with van der Waals surface area (Å²) in [4.78, 5) is 0.319. The second-order valence-corrected chi connectivity index (χ2v) is 5.41. The Morgan fingerprint density at radius 3 is 2.64 bits per heavy atom. The summed E-state index contributed by atoms with van der Waals surface area (Å²) in [6.07, 6.45) is 2.05. The van der Waals surface area contributed by atoms with E-state index >= 15 is 0 Å². The zero-order valence-corrected chi connectivity index (χ0v) is 12.9. The quantitative estimate of drug-likeness (QED) is 0.573. The molecule has 0 fully saturated rings. The molecule has 0 amide bonds. The number of rotatable bonds is 4. The summed E-state index contributed by atoms with van der Waals surface area (Å²) < 4.78 is 7.33. The maximum Gasteiger partial charge on any atom is 0.130 e. The van der Waals surface area contributed by atoms with Gasteiger partial charge in [-0.1, -0.05) is 36.5 Å². The molecule has 1 aromatic heterocycles. The number of hydroxylamine groups is 1. The van der Waals surface area contributed by atoms with E-state index in [4.69, 9.17) is 22.2 Å². The summed E-state index contributed by atoms with van der Waals surface area (Å²) in [6, 6.07) is 15.9. The Hall–Kier alpha value is -2.37. The van der Waals surface area contributed by atoms with Crippen molar-refractivity contribution in [3.8, 4) is 5.75 Å². The summed E-state index contributed by atoms with van der Waals surface area (Å²) in [5.74, 6) is 0.850. The summed E-state index contributed by atoms with van der Waals surface area (Å²) in [6.45, 7) is 0.760. The second kappa shape index (κ2) is 6.17. The molecule has 0 saturated carbocycles. The highest BCUT2D eigenvalue weighted by Gasteiger charge is 2.06. The van der Waals surface area contributed by atoms with Crippen molar-refractivity contribution in [3.63, 3.8) is 0 Å². The first kappa shape index (κ1) is 14.6. The van der Waals surface area contributed by atoms with Crippen molar-refractivity contribution in [2.75, 3.05) is 7.11 Å². The number of nitrogens with one attached hydrogen (secondary N) is 1. The fourth-order valence-corrected chi connectivity index (χ4v) is 2.58. The lowest BCUT2D eigenvalue weighted by molar-refractivity contribution is 0.238. The molecule has 1 heterocycles. The molecule has 2 aromatic carbocycles. The summed E-state index contributed by atoms with van der Waals surface area (Å²) in [5, 5.41) is 10.1. The smallest absolute Gasteiger partial charge is 0.130 e. The molecule has 112 valence electrons. The van der Waals surface area contributed by atoms with Gasteiger partial charge in [0.2, 0.25) is 0 Å². The number of aromatic nitrogens is 1. The third-order valence-electron chi connectivity index (χ3n) is 3.65. The lowest BCUT2D eigenvalue weighted by atomic mass is 10.1. The number of hydrogen-bond donors (Lipinski definition) is 2. The van der Waals surface area contributed by atoms with Crippen LogP contribution in [0.15, 0.2) is 54.7 Å². The van der Waals surface area contributed by atoms with Crippen molar-refractivity contribution in [2.45, 2.75) is 6.54 Å². The van der Waals surface area contributed by atoms with E-state index in [0.29, 0.717) is 4.99 Å². The van der Waals surface area contributed by atoms with E-state index in [0.717, 1.165) is 28.8 Å². The molecule has 0 aliphatic carbocycles. The highest BCUT2D eigenvalue weighted by atomic mass is 32.1. The monoisotopic (exact) mass is 312 g/mol. The van der Waals surface area contributed by atoms with Crippen LogP contribution in [0.4, 0.5) is 0 Å². The Balaban J connectivity index is 1.94. The Morgan fingerprint density at radius 2 is 1.95 bits per heavy atom. The number of methoxy groups -OCH3 is 1. The predicted octanol–water partition coefficient (Wildman–Crippen LogP) is 3.35. The highest BCUT2D eigenvalue weighted by molar-refractivity contribution is 7.80. The topological polar surface area (TPSA) is 46.4 Å². The summed E-state index contributed by atoms with van der Waals surface area (Å²) in [5.41, 5.74) is 5.08. The molecule has 2 N–H and O–H groups in total. The molecular weight excluding hydrogens is 296 g/mol. The first-order valence-corrected chi connectivity index (χ1v) is 7.28. The van der Waals surface area contributed by atoms with Crippen LogP contribution in [-0.2, 0) is 6.54 Å². The van der Waals surface area contributed by atoms with Crippen molar-refractivity contribution >= 4 is 28.1 Å². The third-order valence-corrected chi connectivity index (χ3v) is 3.98. The van der Waals surface area contributed by atoms with Crippen LogP contribution in [0.2, 0.25) is 0 Å². The molecular formula is C17H16N2O2S. The lowest BCUT2D eigenvalue weighted by Gasteiger charge is -2.08. The third kappa shape index (κ3) is 2.81. The number of benzene rings is 2. The van der Waals surface area contributed by atoms with E-state index < -0.39 is 0 Å². The van der Waals surface area contributed by atoms with Gasteiger partial charge in [0.15, 0.2) is 0 Å². The summed E-state index contributed by atoms with van der Waals surface area (Å²) >= 11 is 5.08. The largest absolute Gasteiger partial charge is 0.497 e. The van der Waals surface area contributed by atoms with E-state index in [1.807, 2.05) is 42.0 Å². The van der Waals surface area contributed by atoms with E-state index in [9.17, 15) is 0 Å². The van der Waals surface area contributed by atoms with Crippen LogP contribution < -0.4 is 10.2 Å². The maximum absolute atomic E-state index is 8.95. The van der Waals surface area contributed by atoms with Crippen LogP contribution >= 0.6 is 12.2 Å². The molecule has 0 spiro atoms. The van der Waals surface area contributed by atoms with Gasteiger partial charge >= 0.3 is 0 Å². The van der Waals surface area contributed by atoms with Gasteiger partial charge in [0, 0.05) is 23.8 Å². The molecule has 0 unspecified atom stereocenters. The fourth-order valence-electron chi connectivity index (χ4n) is 2.46. The van der Waals surface area contributed by atoms with Crippen molar-refractivity contribution in [2.24, 2.45) is 0 Å². The first-order chi connectivity index (χ1) is 10.7. The fraction of sp³-hybridized carbons (Fsp3) is 0.118. The van der Waals surface area contributed by atoms with E-state index in [-0.39, 0.29) is 0 Å². The molecule has 0 atom stereocenters. The van der Waals surface area contributed by atoms with Crippen LogP contribution in [0.1, 0.15) is 11.1 Å². The highest BCUT2D eigenvalue weighted by Crippen LogP contribution is 2.20. The number of hydrogen-bond acceptors (Lipinski definition) is 3. The first-order valence-electron chi connectivity index (χ1n) is 6.87. The van der Waals surface area contributed by atoms with Gasteiger partial charge < -0.3 is 9.30 Å². The van der Waals surface area contributed by atoms with E-state index in [1.165, 1.54) is 5.56 Å². The molecule has 0 aliphatic rings. The maximum atomic E-state index is 8.95. The predicted molar refractivity (Wildman–Crippen MR) is 90.7 cm³/mol. The van der Waals surface area contributed by atoms with Gasteiger partial charge in [0.05, 0.1) is 7.11 Å². The number of fused-ring (bicyclic) bond motifs is 1. The molecule has 0 saturated heterocycles. The standard InChI is InChI=1S/C17H16N2O2S/c1-21-15-6-2-12(3-7-15)11-19-9-8-13-4-5-14(10-16(13)19)17(22)18-20/h2-10,20H,11H2,1H3,(H,18,22). The van der Waals surface area contributed by atoms with Crippen LogP contribution in [-0.4, -0.2) is 21.9 Å². The number of thiocarbonyl (C=S) groups is 1. The molecule has 3 rings (SSSR count). The molecule has 0 aliphatic heterocycles. The van der Waals surface area contributed by atoms with Gasteiger partial charge in [-0.05, 0) is 35.2 Å². The van der Waals surface area contributed by atoms with E-state index in [1.54, 1.807) is 7.11 Å². The second-order valence-electron chi connectivity index (χ2n) is 5.01. The zero-order valence-electron chi connectivity index (χ0n) is 12.1. The normalized spacial score (nSPS) is 10.6. The zero-order chi connectivity index (χ0) is 15.5. The van der Waals surface area contributed by atoms with Gasteiger partial charge in [-0.15, -0.1) is 0 Å². The number of ether oxygens (including phenoxy) is 1. The van der Waals surface area contributed by atoms with Gasteiger partial charge in [-0.3, -0.25) is 10.7 Å². The Bertz CT molecular complexity index is 809. The van der Waals surface area contributed by atoms with Gasteiger partial charge in [-0.2, -0.15) is 0 Å². The minimum absolute atomic E-state index is 0.319. The Kier molecular flexibility index (Phi) is 4.09. The molecule has 0 radical (unpaired) electrons. The average Bonchev–Trinajstić information content (AvgIpc) is 2.97. The summed E-state index contributed by atoms with van der Waals surface area (Å²) in [7, 11) is 1.66. The molecule has 5 heteroatoms. The Labute approximate surface area is 133 Å². The van der Waals surface area contributed by atoms with Crippen molar-refractivity contribution in [1.82, 2.24) is 10.0 Å².